The molecule has 1 heterocycles. The molecule has 3 aromatic carbocycles. The van der Waals surface area contributed by atoms with E-state index >= 15 is 0 Å². The second-order valence-electron chi connectivity index (χ2n) is 8.44. The third-order valence-electron chi connectivity index (χ3n) is 6.12. The first kappa shape index (κ1) is 21.3. The van der Waals surface area contributed by atoms with E-state index in [9.17, 15) is 9.18 Å². The van der Waals surface area contributed by atoms with E-state index in [1.54, 1.807) is 13.0 Å². The highest BCUT2D eigenvalue weighted by atomic mass is 19.1. The van der Waals surface area contributed by atoms with Crippen LogP contribution in [0.2, 0.25) is 0 Å². The summed E-state index contributed by atoms with van der Waals surface area (Å²) in [5, 5.41) is 1.82. The van der Waals surface area contributed by atoms with Crippen LogP contribution in [0, 0.1) is 12.7 Å². The van der Waals surface area contributed by atoms with E-state index in [1.807, 2.05) is 24.3 Å². The molecular weight excluding hydrogens is 387 g/mol. The predicted octanol–water partition coefficient (Wildman–Crippen LogP) is 7.96. The molecule has 0 atom stereocenters. The van der Waals surface area contributed by atoms with Crippen molar-refractivity contribution >= 4 is 21.7 Å². The third kappa shape index (κ3) is 4.56. The molecule has 0 radical (unpaired) electrons. The zero-order valence-corrected chi connectivity index (χ0v) is 18.3. The van der Waals surface area contributed by atoms with Gasteiger partial charge in [0.25, 0.3) is 0 Å². The summed E-state index contributed by atoms with van der Waals surface area (Å²) in [7, 11) is 0. The molecule has 0 saturated carbocycles. The van der Waals surface area contributed by atoms with Crippen LogP contribution < -0.4 is 5.63 Å². The molecule has 0 aliphatic rings. The van der Waals surface area contributed by atoms with Crippen LogP contribution in [0.25, 0.3) is 32.9 Å². The van der Waals surface area contributed by atoms with Gasteiger partial charge in [0, 0.05) is 10.8 Å². The topological polar surface area (TPSA) is 30.2 Å². The van der Waals surface area contributed by atoms with Crippen LogP contribution in [0.5, 0.6) is 0 Å². The lowest BCUT2D eigenvalue weighted by atomic mass is 9.98. The van der Waals surface area contributed by atoms with Crippen molar-refractivity contribution in [3.63, 3.8) is 0 Å². The van der Waals surface area contributed by atoms with E-state index in [4.69, 9.17) is 4.42 Å². The zero-order valence-electron chi connectivity index (χ0n) is 18.3. The van der Waals surface area contributed by atoms with Gasteiger partial charge in [0.15, 0.2) is 11.4 Å². The Hall–Kier alpha value is -2.94. The van der Waals surface area contributed by atoms with Crippen molar-refractivity contribution < 1.29 is 8.81 Å². The summed E-state index contributed by atoms with van der Waals surface area (Å²) in [6, 6.07) is 17.8. The number of fused-ring (bicyclic) bond motifs is 3. The maximum absolute atomic E-state index is 14.4. The molecule has 1 aromatic heterocycles. The molecule has 4 aromatic rings. The number of benzene rings is 3. The van der Waals surface area contributed by atoms with Crippen LogP contribution in [0.15, 0.2) is 63.8 Å². The van der Waals surface area contributed by atoms with Crippen molar-refractivity contribution in [1.82, 2.24) is 0 Å². The Morgan fingerprint density at radius 2 is 1.45 bits per heavy atom. The Kier molecular flexibility index (Phi) is 6.50. The number of aryl methyl sites for hydroxylation is 2. The van der Waals surface area contributed by atoms with Crippen molar-refractivity contribution in [2.75, 3.05) is 0 Å². The minimum atomic E-state index is -0.506. The number of hydrogen-bond donors (Lipinski definition) is 0. The SMILES string of the molecule is CCCCCCCCc1ccc(-c2ccc3c(c2)c(=O)oc2c(F)c(C)ccc23)cc1. The monoisotopic (exact) mass is 416 g/mol. The molecule has 2 nitrogen and oxygen atoms in total. The molecule has 160 valence electrons. The minimum Gasteiger partial charge on any atom is -0.419 e. The largest absolute Gasteiger partial charge is 0.419 e. The van der Waals surface area contributed by atoms with E-state index < -0.39 is 11.4 Å². The molecule has 0 N–H and O–H groups in total. The van der Waals surface area contributed by atoms with Crippen LogP contribution in [0.1, 0.15) is 56.6 Å². The quantitative estimate of drug-likeness (QED) is 0.166. The van der Waals surface area contributed by atoms with Crippen molar-refractivity contribution in [3.8, 4) is 11.1 Å². The molecule has 0 saturated heterocycles. The van der Waals surface area contributed by atoms with Gasteiger partial charge >= 0.3 is 5.63 Å². The molecule has 0 aliphatic heterocycles. The third-order valence-corrected chi connectivity index (χ3v) is 6.12. The highest BCUT2D eigenvalue weighted by molar-refractivity contribution is 6.05. The number of unbranched alkanes of at least 4 members (excludes halogenated alkanes) is 5. The summed E-state index contributed by atoms with van der Waals surface area (Å²) in [4.78, 5) is 12.6. The number of rotatable bonds is 8. The van der Waals surface area contributed by atoms with Gasteiger partial charge in [0.2, 0.25) is 0 Å². The summed E-state index contributed by atoms with van der Waals surface area (Å²) < 4.78 is 19.8. The first-order valence-corrected chi connectivity index (χ1v) is 11.3. The van der Waals surface area contributed by atoms with E-state index in [0.717, 1.165) is 17.5 Å². The molecule has 0 unspecified atom stereocenters. The van der Waals surface area contributed by atoms with Gasteiger partial charge in [-0.1, -0.05) is 87.6 Å². The molecule has 0 amide bonds. The standard InChI is InChI=1S/C28H29FO2/c1-3-4-5-6-7-8-9-20-11-13-21(14-12-20)22-15-17-23-24-16-10-19(2)26(29)27(24)31-28(30)25(23)18-22/h10-18H,3-9H2,1-2H3. The Morgan fingerprint density at radius 1 is 0.774 bits per heavy atom. The summed E-state index contributed by atoms with van der Waals surface area (Å²) in [5.74, 6) is -0.471. The second kappa shape index (κ2) is 9.47. The Bertz CT molecular complexity index is 1250. The zero-order chi connectivity index (χ0) is 21.8. The highest BCUT2D eigenvalue weighted by Crippen LogP contribution is 2.30. The van der Waals surface area contributed by atoms with Gasteiger partial charge in [0.1, 0.15) is 0 Å². The Labute approximate surface area is 182 Å². The average molecular weight is 417 g/mol. The highest BCUT2D eigenvalue weighted by Gasteiger charge is 2.13. The summed E-state index contributed by atoms with van der Waals surface area (Å²) in [6.07, 6.45) is 8.90. The van der Waals surface area contributed by atoms with Gasteiger partial charge in [-0.15, -0.1) is 0 Å². The smallest absolute Gasteiger partial charge is 0.344 e. The van der Waals surface area contributed by atoms with E-state index in [-0.39, 0.29) is 5.58 Å². The lowest BCUT2D eigenvalue weighted by Crippen LogP contribution is -2.01. The fourth-order valence-electron chi connectivity index (χ4n) is 4.21. The predicted molar refractivity (Wildman–Crippen MR) is 127 cm³/mol. The second-order valence-corrected chi connectivity index (χ2v) is 8.44. The van der Waals surface area contributed by atoms with Gasteiger partial charge in [-0.25, -0.2) is 9.18 Å². The molecule has 0 spiro atoms. The maximum Gasteiger partial charge on any atom is 0.344 e. The number of halogens is 1. The summed E-state index contributed by atoms with van der Waals surface area (Å²) in [6.45, 7) is 3.91. The summed E-state index contributed by atoms with van der Waals surface area (Å²) in [5.41, 5.74) is 3.35. The molecule has 4 rings (SSSR count). The minimum absolute atomic E-state index is 0.0318. The fourth-order valence-corrected chi connectivity index (χ4v) is 4.21. The molecule has 0 aliphatic carbocycles. The lowest BCUT2D eigenvalue weighted by Gasteiger charge is -2.08. The van der Waals surface area contributed by atoms with Crippen molar-refractivity contribution in [2.45, 2.75) is 58.8 Å². The van der Waals surface area contributed by atoms with Crippen molar-refractivity contribution in [2.24, 2.45) is 0 Å². The van der Waals surface area contributed by atoms with Gasteiger partial charge < -0.3 is 4.42 Å². The lowest BCUT2D eigenvalue weighted by molar-refractivity contribution is 0.527. The van der Waals surface area contributed by atoms with Gasteiger partial charge in [0.05, 0.1) is 5.39 Å². The van der Waals surface area contributed by atoms with Crippen LogP contribution in [-0.4, -0.2) is 0 Å². The van der Waals surface area contributed by atoms with Crippen LogP contribution in [0.3, 0.4) is 0 Å². The van der Waals surface area contributed by atoms with Crippen LogP contribution in [0.4, 0.5) is 4.39 Å². The summed E-state index contributed by atoms with van der Waals surface area (Å²) >= 11 is 0. The van der Waals surface area contributed by atoms with E-state index in [0.29, 0.717) is 21.7 Å². The van der Waals surface area contributed by atoms with Crippen molar-refractivity contribution in [3.05, 3.63) is 82.0 Å². The molecule has 31 heavy (non-hydrogen) atoms. The van der Waals surface area contributed by atoms with Gasteiger partial charge in [-0.3, -0.25) is 0 Å². The molecular formula is C28H29FO2. The average Bonchev–Trinajstić information content (AvgIpc) is 2.79. The fraction of sp³-hybridized carbons (Fsp3) is 0.321. The number of hydrogen-bond acceptors (Lipinski definition) is 2. The van der Waals surface area contributed by atoms with E-state index in [1.165, 1.54) is 44.1 Å². The van der Waals surface area contributed by atoms with Crippen LogP contribution >= 0.6 is 0 Å². The molecule has 0 bridgehead atoms. The first-order valence-electron chi connectivity index (χ1n) is 11.3. The Balaban J connectivity index is 1.56. The van der Waals surface area contributed by atoms with Crippen LogP contribution in [-0.2, 0) is 6.42 Å². The Morgan fingerprint density at radius 3 is 2.23 bits per heavy atom. The van der Waals surface area contributed by atoms with Gasteiger partial charge in [-0.2, -0.15) is 0 Å². The molecule has 0 fully saturated rings. The van der Waals surface area contributed by atoms with Crippen molar-refractivity contribution in [1.29, 1.82) is 0 Å². The van der Waals surface area contributed by atoms with Gasteiger partial charge in [-0.05, 0) is 48.1 Å². The van der Waals surface area contributed by atoms with E-state index in [2.05, 4.69) is 31.2 Å². The maximum atomic E-state index is 14.4. The first-order chi connectivity index (χ1) is 15.1. The molecule has 3 heteroatoms. The normalized spacial score (nSPS) is 11.5.